The first-order valence-electron chi connectivity index (χ1n) is 5.11. The molecule has 0 aliphatic carbocycles. The number of hydrogen-bond donors (Lipinski definition) is 1. The summed E-state index contributed by atoms with van der Waals surface area (Å²) in [7, 11) is 1.72. The van der Waals surface area contributed by atoms with Gasteiger partial charge in [-0.25, -0.2) is 0 Å². The summed E-state index contributed by atoms with van der Waals surface area (Å²) in [5.41, 5.74) is 5.35. The number of carbonyl (C=O) groups excluding carboxylic acids is 1. The van der Waals surface area contributed by atoms with Crippen LogP contribution in [0.3, 0.4) is 0 Å². The molecule has 0 radical (unpaired) electrons. The third-order valence-corrected chi connectivity index (χ3v) is 2.39. The van der Waals surface area contributed by atoms with E-state index in [9.17, 15) is 4.79 Å². The third kappa shape index (κ3) is 7.27. The summed E-state index contributed by atoms with van der Waals surface area (Å²) in [6, 6.07) is 0. The van der Waals surface area contributed by atoms with Crippen molar-refractivity contribution in [3.05, 3.63) is 0 Å². The summed E-state index contributed by atoms with van der Waals surface area (Å²) >= 11 is 4.73. The molecule has 4 nitrogen and oxygen atoms in total. The Morgan fingerprint density at radius 3 is 2.67 bits per heavy atom. The summed E-state index contributed by atoms with van der Waals surface area (Å²) in [6.07, 6.45) is 1.59. The van der Waals surface area contributed by atoms with Crippen LogP contribution >= 0.6 is 12.2 Å². The first kappa shape index (κ1) is 14.3. The Balaban J connectivity index is 3.74. The Hall–Kier alpha value is -0.680. The van der Waals surface area contributed by atoms with Gasteiger partial charge in [0.25, 0.3) is 0 Å². The second-order valence-corrected chi connectivity index (χ2v) is 4.09. The van der Waals surface area contributed by atoms with E-state index >= 15 is 0 Å². The number of nitrogens with zero attached hydrogens (tertiary/aromatic N) is 1. The zero-order chi connectivity index (χ0) is 11.8. The zero-order valence-corrected chi connectivity index (χ0v) is 10.5. The zero-order valence-electron chi connectivity index (χ0n) is 9.66. The fourth-order valence-electron chi connectivity index (χ4n) is 0.844. The van der Waals surface area contributed by atoms with Gasteiger partial charge in [-0.2, -0.15) is 0 Å². The van der Waals surface area contributed by atoms with E-state index in [0.717, 1.165) is 6.42 Å². The van der Waals surface area contributed by atoms with Crippen molar-refractivity contribution in [3.63, 3.8) is 0 Å². The molecular weight excluding hydrogens is 212 g/mol. The van der Waals surface area contributed by atoms with Crippen LogP contribution in [0.5, 0.6) is 0 Å². The average molecular weight is 232 g/mol. The summed E-state index contributed by atoms with van der Waals surface area (Å²) in [6.45, 7) is 4.65. The smallest absolute Gasteiger partial charge is 0.248 e. The standard InChI is InChI=1S/C10H20N2O2S/c1-4-8(2)14-7-10(13)12(3)6-5-9(11)15/h8H,4-7H2,1-3H3,(H2,11,15). The van der Waals surface area contributed by atoms with Crippen LogP contribution in [0.1, 0.15) is 26.7 Å². The minimum Gasteiger partial charge on any atom is -0.393 e. The lowest BCUT2D eigenvalue weighted by molar-refractivity contribution is -0.136. The number of likely N-dealkylation sites (N-methyl/N-ethyl adjacent to an activating group) is 1. The van der Waals surface area contributed by atoms with Crippen molar-refractivity contribution in [1.82, 2.24) is 4.90 Å². The molecule has 0 heterocycles. The number of carbonyl (C=O) groups is 1. The number of ether oxygens (including phenoxy) is 1. The van der Waals surface area contributed by atoms with Crippen molar-refractivity contribution in [3.8, 4) is 0 Å². The van der Waals surface area contributed by atoms with Gasteiger partial charge in [0.2, 0.25) is 5.91 Å². The van der Waals surface area contributed by atoms with Crippen LogP contribution in [0.2, 0.25) is 0 Å². The maximum absolute atomic E-state index is 11.5. The van der Waals surface area contributed by atoms with E-state index in [0.29, 0.717) is 18.0 Å². The summed E-state index contributed by atoms with van der Waals surface area (Å²) in [4.78, 5) is 13.5. The molecule has 0 bridgehead atoms. The molecule has 1 unspecified atom stereocenters. The second-order valence-electron chi connectivity index (χ2n) is 3.56. The number of rotatable bonds is 7. The van der Waals surface area contributed by atoms with Crippen LogP contribution < -0.4 is 5.73 Å². The van der Waals surface area contributed by atoms with E-state index in [2.05, 4.69) is 0 Å². The van der Waals surface area contributed by atoms with Crippen LogP contribution in [-0.2, 0) is 9.53 Å². The molecule has 0 aromatic heterocycles. The summed E-state index contributed by atoms with van der Waals surface area (Å²) in [5.74, 6) is -0.0356. The average Bonchev–Trinajstić information content (AvgIpc) is 2.21. The van der Waals surface area contributed by atoms with Crippen LogP contribution in [0.25, 0.3) is 0 Å². The normalized spacial score (nSPS) is 12.2. The second kappa shape index (κ2) is 7.59. The molecule has 0 spiro atoms. The monoisotopic (exact) mass is 232 g/mol. The molecule has 0 fully saturated rings. The molecule has 0 aliphatic heterocycles. The topological polar surface area (TPSA) is 55.6 Å². The van der Waals surface area contributed by atoms with Gasteiger partial charge < -0.3 is 15.4 Å². The van der Waals surface area contributed by atoms with Gasteiger partial charge in [0, 0.05) is 20.0 Å². The van der Waals surface area contributed by atoms with Crippen molar-refractivity contribution in [1.29, 1.82) is 0 Å². The van der Waals surface area contributed by atoms with Gasteiger partial charge >= 0.3 is 0 Å². The van der Waals surface area contributed by atoms with E-state index in [4.69, 9.17) is 22.7 Å². The van der Waals surface area contributed by atoms with E-state index in [1.807, 2.05) is 13.8 Å². The SMILES string of the molecule is CCC(C)OCC(=O)N(C)CCC(N)=S. The quantitative estimate of drug-likeness (QED) is 0.664. The summed E-state index contributed by atoms with van der Waals surface area (Å²) < 4.78 is 5.33. The number of nitrogens with two attached hydrogens (primary N) is 1. The minimum atomic E-state index is -0.0356. The van der Waals surface area contributed by atoms with Crippen molar-refractivity contribution >= 4 is 23.1 Å². The molecule has 0 saturated carbocycles. The highest BCUT2D eigenvalue weighted by Crippen LogP contribution is 1.97. The summed E-state index contributed by atoms with van der Waals surface area (Å²) in [5, 5.41) is 0. The lowest BCUT2D eigenvalue weighted by Gasteiger charge is -2.18. The molecule has 0 aliphatic rings. The minimum absolute atomic E-state index is 0.0356. The van der Waals surface area contributed by atoms with Crippen LogP contribution in [0.4, 0.5) is 0 Å². The van der Waals surface area contributed by atoms with Gasteiger partial charge in [0.15, 0.2) is 0 Å². The van der Waals surface area contributed by atoms with Crippen LogP contribution in [0, 0.1) is 0 Å². The Labute approximate surface area is 96.8 Å². The maximum Gasteiger partial charge on any atom is 0.248 e. The molecular formula is C10H20N2O2S. The first-order chi connectivity index (χ1) is 6.97. The van der Waals surface area contributed by atoms with Gasteiger partial charge in [0.05, 0.1) is 11.1 Å². The number of thiocarbonyl (C=S) groups is 1. The highest BCUT2D eigenvalue weighted by molar-refractivity contribution is 7.80. The molecule has 5 heteroatoms. The Morgan fingerprint density at radius 1 is 1.60 bits per heavy atom. The predicted octanol–water partition coefficient (Wildman–Crippen LogP) is 0.936. The molecule has 0 aromatic carbocycles. The van der Waals surface area contributed by atoms with E-state index in [1.165, 1.54) is 0 Å². The van der Waals surface area contributed by atoms with Gasteiger partial charge in [-0.15, -0.1) is 0 Å². The number of amides is 1. The van der Waals surface area contributed by atoms with Crippen molar-refractivity contribution < 1.29 is 9.53 Å². The van der Waals surface area contributed by atoms with Gasteiger partial charge in [-0.05, 0) is 13.3 Å². The van der Waals surface area contributed by atoms with E-state index in [1.54, 1.807) is 11.9 Å². The first-order valence-corrected chi connectivity index (χ1v) is 5.52. The molecule has 0 saturated heterocycles. The van der Waals surface area contributed by atoms with Gasteiger partial charge in [-0.3, -0.25) is 4.79 Å². The molecule has 1 atom stereocenters. The Morgan fingerprint density at radius 2 is 2.20 bits per heavy atom. The third-order valence-electron chi connectivity index (χ3n) is 2.19. The molecule has 88 valence electrons. The molecule has 15 heavy (non-hydrogen) atoms. The van der Waals surface area contributed by atoms with Crippen molar-refractivity contribution in [2.45, 2.75) is 32.8 Å². The van der Waals surface area contributed by atoms with Gasteiger partial charge in [-0.1, -0.05) is 19.1 Å². The Bertz CT molecular complexity index is 221. The van der Waals surface area contributed by atoms with Gasteiger partial charge in [0.1, 0.15) is 6.61 Å². The van der Waals surface area contributed by atoms with Crippen molar-refractivity contribution in [2.75, 3.05) is 20.2 Å². The van der Waals surface area contributed by atoms with E-state index in [-0.39, 0.29) is 18.6 Å². The highest BCUT2D eigenvalue weighted by atomic mass is 32.1. The maximum atomic E-state index is 11.5. The number of hydrogen-bond acceptors (Lipinski definition) is 3. The fourth-order valence-corrected chi connectivity index (χ4v) is 0.935. The fraction of sp³-hybridized carbons (Fsp3) is 0.800. The molecule has 1 amide bonds. The lowest BCUT2D eigenvalue weighted by atomic mass is 10.3. The van der Waals surface area contributed by atoms with Crippen molar-refractivity contribution in [2.24, 2.45) is 5.73 Å². The highest BCUT2D eigenvalue weighted by Gasteiger charge is 2.10. The predicted molar refractivity (Wildman–Crippen MR) is 64.7 cm³/mol. The molecule has 0 rings (SSSR count). The lowest BCUT2D eigenvalue weighted by Crippen LogP contribution is -2.33. The van der Waals surface area contributed by atoms with Crippen LogP contribution in [-0.4, -0.2) is 42.1 Å². The largest absolute Gasteiger partial charge is 0.393 e. The van der Waals surface area contributed by atoms with Crippen LogP contribution in [0.15, 0.2) is 0 Å². The van der Waals surface area contributed by atoms with E-state index < -0.39 is 0 Å². The molecule has 2 N–H and O–H groups in total. The Kier molecular flexibility index (Phi) is 7.25. The molecule has 0 aromatic rings.